The minimum absolute atomic E-state index is 0.00678. The first-order valence-electron chi connectivity index (χ1n) is 10.9. The van der Waals surface area contributed by atoms with Crippen LogP contribution in [0.5, 0.6) is 0 Å². The van der Waals surface area contributed by atoms with Crippen LogP contribution in [0, 0.1) is 12.8 Å². The van der Waals surface area contributed by atoms with Gasteiger partial charge in [-0.3, -0.25) is 14.6 Å². The third kappa shape index (κ3) is 3.96. The van der Waals surface area contributed by atoms with Gasteiger partial charge in [0.2, 0.25) is 11.8 Å². The Kier molecular flexibility index (Phi) is 5.64. The molecule has 174 valence electrons. The molecule has 5 rings (SSSR count). The number of carbonyl (C=O) groups excluding carboxylic acids is 2. The van der Waals surface area contributed by atoms with Crippen LogP contribution in [-0.4, -0.2) is 53.8 Å². The predicted molar refractivity (Wildman–Crippen MR) is 132 cm³/mol. The summed E-state index contributed by atoms with van der Waals surface area (Å²) >= 11 is 3.31. The van der Waals surface area contributed by atoms with E-state index in [2.05, 4.69) is 41.2 Å². The molecule has 0 radical (unpaired) electrons. The zero-order valence-corrected chi connectivity index (χ0v) is 20.3. The third-order valence-corrected chi connectivity index (χ3v) is 6.49. The van der Waals surface area contributed by atoms with Crippen molar-refractivity contribution in [2.75, 3.05) is 17.6 Å². The maximum atomic E-state index is 13.5. The Labute approximate surface area is 203 Å². The van der Waals surface area contributed by atoms with Gasteiger partial charge in [0.15, 0.2) is 0 Å². The second kappa shape index (κ2) is 8.64. The van der Waals surface area contributed by atoms with Crippen LogP contribution in [0.2, 0.25) is 0 Å². The van der Waals surface area contributed by atoms with Crippen LogP contribution in [0.4, 0.5) is 11.6 Å². The molecule has 5 heterocycles. The van der Waals surface area contributed by atoms with Crippen LogP contribution in [-0.2, 0) is 16.1 Å². The quantitative estimate of drug-likeness (QED) is 0.393. The van der Waals surface area contributed by atoms with Crippen molar-refractivity contribution in [2.24, 2.45) is 5.92 Å². The first-order valence-corrected chi connectivity index (χ1v) is 11.7. The zero-order chi connectivity index (χ0) is 24.0. The van der Waals surface area contributed by atoms with Crippen molar-refractivity contribution in [3.8, 4) is 0 Å². The van der Waals surface area contributed by atoms with Gasteiger partial charge in [-0.25, -0.2) is 15.0 Å². The lowest BCUT2D eigenvalue weighted by Crippen LogP contribution is -2.44. The molecule has 4 aromatic heterocycles. The highest BCUT2D eigenvalue weighted by Gasteiger charge is 2.38. The van der Waals surface area contributed by atoms with Gasteiger partial charge in [-0.2, -0.15) is 0 Å². The van der Waals surface area contributed by atoms with E-state index >= 15 is 0 Å². The summed E-state index contributed by atoms with van der Waals surface area (Å²) in [5.41, 5.74) is 8.91. The Hall–Kier alpha value is -3.60. The summed E-state index contributed by atoms with van der Waals surface area (Å²) in [6, 6.07) is 8.48. The number of amides is 2. The minimum Gasteiger partial charge on any atom is -0.383 e. The lowest BCUT2D eigenvalue weighted by Gasteiger charge is -2.24. The average Bonchev–Trinajstić information content (AvgIpc) is 3.33. The fourth-order valence-corrected chi connectivity index (χ4v) is 4.87. The first-order chi connectivity index (χ1) is 16.3. The van der Waals surface area contributed by atoms with E-state index in [0.29, 0.717) is 45.8 Å². The molecule has 1 aliphatic heterocycles. The van der Waals surface area contributed by atoms with E-state index in [0.717, 1.165) is 11.2 Å². The van der Waals surface area contributed by atoms with Gasteiger partial charge in [-0.1, -0.05) is 13.0 Å². The number of likely N-dealkylation sites (tertiary alicyclic amines) is 1. The number of hydrogen-bond donors (Lipinski definition) is 2. The third-order valence-electron chi connectivity index (χ3n) is 6.05. The van der Waals surface area contributed by atoms with Crippen LogP contribution in [0.15, 0.2) is 41.3 Å². The smallest absolute Gasteiger partial charge is 0.248 e. The maximum Gasteiger partial charge on any atom is 0.248 e. The largest absolute Gasteiger partial charge is 0.383 e. The Morgan fingerprint density at radius 2 is 2.03 bits per heavy atom. The molecule has 2 atom stereocenters. The molecule has 10 nitrogen and oxygen atoms in total. The number of anilines is 2. The van der Waals surface area contributed by atoms with Crippen molar-refractivity contribution in [2.45, 2.75) is 32.9 Å². The van der Waals surface area contributed by atoms with Crippen molar-refractivity contribution in [1.82, 2.24) is 29.4 Å². The molecule has 0 bridgehead atoms. The molecule has 1 fully saturated rings. The molecule has 11 heteroatoms. The van der Waals surface area contributed by atoms with Crippen LogP contribution in [0.3, 0.4) is 0 Å². The summed E-state index contributed by atoms with van der Waals surface area (Å²) in [6.07, 6.45) is 1.96. The van der Waals surface area contributed by atoms with E-state index in [1.807, 2.05) is 26.0 Å². The summed E-state index contributed by atoms with van der Waals surface area (Å²) in [5, 5.41) is 3.46. The molecule has 34 heavy (non-hydrogen) atoms. The number of nitrogen functional groups attached to an aromatic ring is 1. The average molecular weight is 523 g/mol. The number of nitrogens with zero attached hydrogens (tertiary/aromatic N) is 6. The van der Waals surface area contributed by atoms with Crippen molar-refractivity contribution < 1.29 is 9.59 Å². The van der Waals surface area contributed by atoms with Crippen molar-refractivity contribution in [3.63, 3.8) is 0 Å². The Balaban J connectivity index is 1.46. The second-order valence-corrected chi connectivity index (χ2v) is 9.41. The number of fused-ring (bicyclic) bond motifs is 3. The molecule has 0 unspecified atom stereocenters. The number of aryl methyl sites for hydroxylation is 1. The number of pyridine rings is 2. The Morgan fingerprint density at radius 3 is 2.82 bits per heavy atom. The normalized spacial score (nSPS) is 18.0. The zero-order valence-electron chi connectivity index (χ0n) is 18.7. The molecule has 0 spiro atoms. The van der Waals surface area contributed by atoms with Crippen LogP contribution >= 0.6 is 15.9 Å². The molecule has 1 saturated heterocycles. The lowest BCUT2D eigenvalue weighted by atomic mass is 10.1. The molecular weight excluding hydrogens is 500 g/mol. The molecular formula is C23H23BrN8O2. The number of aromatic nitrogens is 5. The molecule has 4 aromatic rings. The number of hydrogen-bond acceptors (Lipinski definition) is 7. The molecule has 1 aliphatic rings. The van der Waals surface area contributed by atoms with Crippen LogP contribution in [0.25, 0.3) is 22.1 Å². The molecule has 0 saturated carbocycles. The number of nitrogens with two attached hydrogens (primary N) is 1. The highest BCUT2D eigenvalue weighted by molar-refractivity contribution is 9.10. The summed E-state index contributed by atoms with van der Waals surface area (Å²) in [6.45, 7) is 4.43. The standard InChI is InChI=1S/C23H23BrN8O2/c1-12-8-15(23(34)30-17-5-3-4-16(24)29-17)31(9-12)18(33)10-32-14-7-6-13(2)28-20(14)19-21(25)26-11-27-22(19)32/h3-7,11-12,15H,8-10H2,1-2H3,(H2,25,26,27)(H,29,30,34)/t12-,15+/m1/s1. The van der Waals surface area contributed by atoms with Gasteiger partial charge in [-0.15, -0.1) is 0 Å². The predicted octanol–water partition coefficient (Wildman–Crippen LogP) is 2.90. The topological polar surface area (TPSA) is 132 Å². The van der Waals surface area contributed by atoms with E-state index in [4.69, 9.17) is 5.73 Å². The number of carbonyl (C=O) groups is 2. The van der Waals surface area contributed by atoms with E-state index < -0.39 is 6.04 Å². The second-order valence-electron chi connectivity index (χ2n) is 8.60. The van der Waals surface area contributed by atoms with Crippen molar-refractivity contribution in [1.29, 1.82) is 0 Å². The summed E-state index contributed by atoms with van der Waals surface area (Å²) < 4.78 is 2.42. The fourth-order valence-electron chi connectivity index (χ4n) is 4.53. The van der Waals surface area contributed by atoms with E-state index in [1.165, 1.54) is 6.33 Å². The highest BCUT2D eigenvalue weighted by Crippen LogP contribution is 2.31. The van der Waals surface area contributed by atoms with Crippen LogP contribution in [0.1, 0.15) is 19.0 Å². The van der Waals surface area contributed by atoms with E-state index in [1.54, 1.807) is 27.7 Å². The van der Waals surface area contributed by atoms with Gasteiger partial charge in [0.25, 0.3) is 0 Å². The molecule has 0 aromatic carbocycles. The van der Waals surface area contributed by atoms with Gasteiger partial charge in [0.1, 0.15) is 46.3 Å². The number of nitrogens with one attached hydrogen (secondary N) is 1. The van der Waals surface area contributed by atoms with Gasteiger partial charge >= 0.3 is 0 Å². The number of rotatable bonds is 4. The Bertz CT molecular complexity index is 1440. The van der Waals surface area contributed by atoms with Crippen molar-refractivity contribution >= 4 is 61.4 Å². The van der Waals surface area contributed by atoms with Gasteiger partial charge in [0.05, 0.1) is 10.9 Å². The molecule has 0 aliphatic carbocycles. The lowest BCUT2D eigenvalue weighted by molar-refractivity contribution is -0.137. The van der Waals surface area contributed by atoms with Gasteiger partial charge in [-0.05, 0) is 59.5 Å². The first kappa shape index (κ1) is 22.2. The summed E-state index contributed by atoms with van der Waals surface area (Å²) in [4.78, 5) is 45.6. The fraction of sp³-hybridized carbons (Fsp3) is 0.304. The van der Waals surface area contributed by atoms with E-state index in [9.17, 15) is 9.59 Å². The minimum atomic E-state index is -0.587. The summed E-state index contributed by atoms with van der Waals surface area (Å²) in [5.74, 6) is 0.503. The van der Waals surface area contributed by atoms with E-state index in [-0.39, 0.29) is 24.3 Å². The molecule has 2 amide bonds. The van der Waals surface area contributed by atoms with Crippen molar-refractivity contribution in [3.05, 3.63) is 47.0 Å². The van der Waals surface area contributed by atoms with Gasteiger partial charge < -0.3 is 20.5 Å². The maximum absolute atomic E-state index is 13.5. The highest BCUT2D eigenvalue weighted by atomic mass is 79.9. The Morgan fingerprint density at radius 1 is 1.21 bits per heavy atom. The molecule has 3 N–H and O–H groups in total. The summed E-state index contributed by atoms with van der Waals surface area (Å²) in [7, 11) is 0. The number of halogens is 1. The monoisotopic (exact) mass is 522 g/mol. The SMILES string of the molecule is Cc1ccc2c(n1)c1c(N)ncnc1n2CC(=O)N1C[C@H](C)C[C@H]1C(=O)Nc1cccc(Br)n1. The van der Waals surface area contributed by atoms with Gasteiger partial charge in [0, 0.05) is 12.2 Å². The van der Waals surface area contributed by atoms with Crippen LogP contribution < -0.4 is 11.1 Å².